The number of nitrogens with zero attached hydrogens (tertiary/aromatic N) is 1. The van der Waals surface area contributed by atoms with Crippen LogP contribution < -0.4 is 14.2 Å². The summed E-state index contributed by atoms with van der Waals surface area (Å²) < 4.78 is 39.2. The lowest BCUT2D eigenvalue weighted by atomic mass is 10.1. The maximum absolute atomic E-state index is 13.0. The number of esters is 1. The molecule has 7 nitrogen and oxygen atoms in total. The molecule has 0 saturated heterocycles. The molecule has 8 heteroatoms. The normalized spacial score (nSPS) is 10.8. The third-order valence-corrected chi connectivity index (χ3v) is 4.15. The maximum atomic E-state index is 13.0. The summed E-state index contributed by atoms with van der Waals surface area (Å²) in [7, 11) is 4.53. The Labute approximate surface area is 172 Å². The predicted molar refractivity (Wildman–Crippen MR) is 107 cm³/mol. The second-order valence-corrected chi connectivity index (χ2v) is 6.09. The molecule has 30 heavy (non-hydrogen) atoms. The highest BCUT2D eigenvalue weighted by Gasteiger charge is 2.13. The van der Waals surface area contributed by atoms with Gasteiger partial charge in [0.2, 0.25) is 5.75 Å². The van der Waals surface area contributed by atoms with Gasteiger partial charge in [0.25, 0.3) is 0 Å². The van der Waals surface area contributed by atoms with Crippen molar-refractivity contribution in [3.8, 4) is 28.6 Å². The minimum atomic E-state index is -0.560. The van der Waals surface area contributed by atoms with E-state index in [4.69, 9.17) is 23.5 Å². The lowest BCUT2D eigenvalue weighted by Crippen LogP contribution is -2.01. The molecule has 1 heterocycles. The molecule has 0 radical (unpaired) electrons. The second kappa shape index (κ2) is 9.60. The maximum Gasteiger partial charge on any atom is 0.331 e. The van der Waals surface area contributed by atoms with E-state index < -0.39 is 5.97 Å². The van der Waals surface area contributed by atoms with Crippen LogP contribution in [0, 0.1) is 5.82 Å². The molecule has 3 aromatic rings. The van der Waals surface area contributed by atoms with Crippen molar-refractivity contribution in [2.75, 3.05) is 21.3 Å². The quantitative estimate of drug-likeness (QED) is 0.403. The number of rotatable bonds is 8. The molecule has 0 aliphatic carbocycles. The van der Waals surface area contributed by atoms with Crippen LogP contribution in [0.2, 0.25) is 0 Å². The zero-order chi connectivity index (χ0) is 21.5. The molecule has 0 amide bonds. The van der Waals surface area contributed by atoms with E-state index in [0.29, 0.717) is 39.8 Å². The van der Waals surface area contributed by atoms with Gasteiger partial charge in [-0.25, -0.2) is 9.18 Å². The Balaban J connectivity index is 1.62. The smallest absolute Gasteiger partial charge is 0.331 e. The van der Waals surface area contributed by atoms with E-state index >= 15 is 0 Å². The molecule has 0 unspecified atom stereocenters. The Morgan fingerprint density at radius 3 is 2.30 bits per heavy atom. The van der Waals surface area contributed by atoms with E-state index in [2.05, 4.69) is 5.16 Å². The number of methoxy groups -OCH3 is 3. The molecule has 0 N–H and O–H groups in total. The van der Waals surface area contributed by atoms with Gasteiger partial charge in [0.15, 0.2) is 17.3 Å². The molecular formula is C22H20FNO6. The second-order valence-electron chi connectivity index (χ2n) is 6.09. The molecule has 2 aromatic carbocycles. The van der Waals surface area contributed by atoms with E-state index in [-0.39, 0.29) is 12.4 Å². The van der Waals surface area contributed by atoms with Crippen LogP contribution in [0.4, 0.5) is 4.39 Å². The number of carbonyl (C=O) groups is 1. The highest BCUT2D eigenvalue weighted by atomic mass is 19.1. The topological polar surface area (TPSA) is 80.0 Å². The standard InChI is InChI=1S/C22H20FNO6/c1-26-19-10-14(11-20(27-2)22(19)28-3)4-9-21(25)29-13-17-12-18(30-24-17)15-5-7-16(23)8-6-15/h4-12H,13H2,1-3H3/b9-4-. The number of ether oxygens (including phenoxy) is 4. The van der Waals surface area contributed by atoms with Gasteiger partial charge in [0, 0.05) is 17.7 Å². The Morgan fingerprint density at radius 2 is 1.70 bits per heavy atom. The first-order valence-electron chi connectivity index (χ1n) is 8.90. The lowest BCUT2D eigenvalue weighted by molar-refractivity contribution is -0.139. The fourth-order valence-electron chi connectivity index (χ4n) is 2.69. The highest BCUT2D eigenvalue weighted by molar-refractivity contribution is 5.87. The molecule has 1 aromatic heterocycles. The summed E-state index contributed by atoms with van der Waals surface area (Å²) in [5, 5.41) is 3.85. The van der Waals surface area contributed by atoms with Gasteiger partial charge in [-0.1, -0.05) is 5.16 Å². The van der Waals surface area contributed by atoms with E-state index in [1.54, 1.807) is 36.4 Å². The minimum absolute atomic E-state index is 0.0663. The van der Waals surface area contributed by atoms with Gasteiger partial charge in [0.05, 0.1) is 21.3 Å². The Kier molecular flexibility index (Phi) is 6.69. The van der Waals surface area contributed by atoms with Crippen molar-refractivity contribution in [2.45, 2.75) is 6.61 Å². The van der Waals surface area contributed by atoms with Crippen molar-refractivity contribution < 1.29 is 32.7 Å². The molecule has 3 rings (SSSR count). The Morgan fingerprint density at radius 1 is 1.03 bits per heavy atom. The molecule has 156 valence electrons. The van der Waals surface area contributed by atoms with Gasteiger partial charge >= 0.3 is 5.97 Å². The van der Waals surface area contributed by atoms with Gasteiger partial charge in [-0.05, 0) is 48.0 Å². The van der Waals surface area contributed by atoms with Crippen LogP contribution >= 0.6 is 0 Å². The number of hydrogen-bond donors (Lipinski definition) is 0. The summed E-state index contributed by atoms with van der Waals surface area (Å²) in [5.74, 6) is 0.958. The summed E-state index contributed by atoms with van der Waals surface area (Å²) >= 11 is 0. The van der Waals surface area contributed by atoms with Crippen molar-refractivity contribution in [3.63, 3.8) is 0 Å². The molecule has 0 aliphatic rings. The van der Waals surface area contributed by atoms with Crippen molar-refractivity contribution in [1.29, 1.82) is 0 Å². The van der Waals surface area contributed by atoms with Crippen molar-refractivity contribution in [1.82, 2.24) is 5.16 Å². The van der Waals surface area contributed by atoms with Gasteiger partial charge in [-0.3, -0.25) is 0 Å². The molecule has 0 atom stereocenters. The average Bonchev–Trinajstić information content (AvgIpc) is 3.24. The van der Waals surface area contributed by atoms with Crippen LogP contribution in [0.5, 0.6) is 17.2 Å². The number of hydrogen-bond acceptors (Lipinski definition) is 7. The zero-order valence-corrected chi connectivity index (χ0v) is 16.7. The van der Waals surface area contributed by atoms with Crippen molar-refractivity contribution in [2.24, 2.45) is 0 Å². The number of halogens is 1. The van der Waals surface area contributed by atoms with Crippen LogP contribution in [0.1, 0.15) is 11.3 Å². The fourth-order valence-corrected chi connectivity index (χ4v) is 2.69. The van der Waals surface area contributed by atoms with Gasteiger partial charge in [-0.2, -0.15) is 0 Å². The first kappa shape index (κ1) is 20.9. The van der Waals surface area contributed by atoms with E-state index in [1.165, 1.54) is 39.5 Å². The molecule has 0 saturated carbocycles. The predicted octanol–water partition coefficient (Wildman–Crippen LogP) is 4.26. The summed E-state index contributed by atoms with van der Waals surface area (Å²) in [6.45, 7) is -0.0663. The zero-order valence-electron chi connectivity index (χ0n) is 16.7. The molecule has 0 spiro atoms. The monoisotopic (exact) mass is 413 g/mol. The van der Waals surface area contributed by atoms with Crippen molar-refractivity contribution >= 4 is 12.0 Å². The SMILES string of the molecule is COc1cc(/C=C\C(=O)OCc2cc(-c3ccc(F)cc3)on2)cc(OC)c1OC. The first-order chi connectivity index (χ1) is 14.5. The number of benzene rings is 2. The van der Waals surface area contributed by atoms with Gasteiger partial charge < -0.3 is 23.5 Å². The first-order valence-corrected chi connectivity index (χ1v) is 8.90. The largest absolute Gasteiger partial charge is 0.493 e. The summed E-state index contributed by atoms with van der Waals surface area (Å²) in [4.78, 5) is 12.0. The van der Waals surface area contributed by atoms with Crippen LogP contribution in [-0.4, -0.2) is 32.5 Å². The summed E-state index contributed by atoms with van der Waals surface area (Å²) in [5.41, 5.74) is 1.77. The van der Waals surface area contributed by atoms with E-state index in [0.717, 1.165) is 0 Å². The molecule has 0 aliphatic heterocycles. The average molecular weight is 413 g/mol. The third-order valence-electron chi connectivity index (χ3n) is 4.15. The Hall–Kier alpha value is -3.81. The molecular weight excluding hydrogens is 393 g/mol. The molecule has 0 fully saturated rings. The lowest BCUT2D eigenvalue weighted by Gasteiger charge is -2.12. The third kappa shape index (κ3) is 4.96. The fraction of sp³-hybridized carbons (Fsp3) is 0.182. The highest BCUT2D eigenvalue weighted by Crippen LogP contribution is 2.38. The van der Waals surface area contributed by atoms with Gasteiger partial charge in [0.1, 0.15) is 18.1 Å². The van der Waals surface area contributed by atoms with Crippen LogP contribution in [0.3, 0.4) is 0 Å². The number of aromatic nitrogens is 1. The van der Waals surface area contributed by atoms with Crippen LogP contribution in [-0.2, 0) is 16.1 Å². The Bertz CT molecular complexity index is 1020. The summed E-state index contributed by atoms with van der Waals surface area (Å²) in [6.07, 6.45) is 2.85. The van der Waals surface area contributed by atoms with Crippen LogP contribution in [0.15, 0.2) is 53.1 Å². The summed E-state index contributed by atoms with van der Waals surface area (Å²) in [6, 6.07) is 10.8. The number of carbonyl (C=O) groups excluding carboxylic acids is 1. The van der Waals surface area contributed by atoms with E-state index in [1.807, 2.05) is 0 Å². The molecule has 0 bridgehead atoms. The van der Waals surface area contributed by atoms with Gasteiger partial charge in [-0.15, -0.1) is 0 Å². The minimum Gasteiger partial charge on any atom is -0.493 e. The van der Waals surface area contributed by atoms with Crippen molar-refractivity contribution in [3.05, 3.63) is 65.6 Å². The van der Waals surface area contributed by atoms with Crippen LogP contribution in [0.25, 0.3) is 17.4 Å². The van der Waals surface area contributed by atoms with E-state index in [9.17, 15) is 9.18 Å².